The fourth-order valence-electron chi connectivity index (χ4n) is 2.37. The molecule has 3 rings (SSSR count). The molecule has 0 unspecified atom stereocenters. The molecule has 0 saturated carbocycles. The summed E-state index contributed by atoms with van der Waals surface area (Å²) < 4.78 is 1.11. The minimum absolute atomic E-state index is 0.235. The summed E-state index contributed by atoms with van der Waals surface area (Å²) in [6, 6.07) is 15.7. The molecule has 0 atom stereocenters. The van der Waals surface area contributed by atoms with Crippen LogP contribution in [0.25, 0.3) is 11.3 Å². The Morgan fingerprint density at radius 3 is 2.54 bits per heavy atom. The molecule has 1 amide bonds. The number of aryl methyl sites for hydroxylation is 1. The number of benzene rings is 2. The fourth-order valence-corrected chi connectivity index (χ4v) is 2.71. The summed E-state index contributed by atoms with van der Waals surface area (Å²) in [5, 5.41) is 7.50. The fraction of sp³-hybridized carbons (Fsp3) is 0.105. The van der Waals surface area contributed by atoms with Crippen LogP contribution in [0, 0.1) is 6.92 Å². The molecule has 26 heavy (non-hydrogen) atoms. The predicted molar refractivity (Wildman–Crippen MR) is 104 cm³/mol. The lowest BCUT2D eigenvalue weighted by molar-refractivity contribution is -0.117. The zero-order valence-electron chi connectivity index (χ0n) is 13.9. The number of nitrogens with zero attached hydrogens (tertiary/aromatic N) is 2. The Hall–Kier alpha value is -2.63. The number of amides is 1. The third kappa shape index (κ3) is 4.12. The maximum Gasteiger partial charge on any atom is 0.267 e. The van der Waals surface area contributed by atoms with Crippen molar-refractivity contribution in [1.82, 2.24) is 9.78 Å². The standard InChI is InChI=1S/C19H15Cl2N3O2/c1-12-5-7-13(8-6-12)15-9-10-18(26)24(23-15)11-17(25)22-16-4-2-3-14(20)19(16)21/h2-10H,11H2,1H3,(H,22,25). The van der Waals surface area contributed by atoms with Gasteiger partial charge in [0.1, 0.15) is 6.54 Å². The number of hydrogen-bond acceptors (Lipinski definition) is 3. The Labute approximate surface area is 160 Å². The van der Waals surface area contributed by atoms with E-state index in [1.165, 1.54) is 6.07 Å². The van der Waals surface area contributed by atoms with E-state index in [0.29, 0.717) is 16.4 Å². The van der Waals surface area contributed by atoms with E-state index in [4.69, 9.17) is 23.2 Å². The zero-order chi connectivity index (χ0) is 18.7. The quantitative estimate of drug-likeness (QED) is 0.730. The van der Waals surface area contributed by atoms with Crippen molar-refractivity contribution in [3.63, 3.8) is 0 Å². The summed E-state index contributed by atoms with van der Waals surface area (Å²) in [5.41, 5.74) is 2.61. The van der Waals surface area contributed by atoms with E-state index in [0.717, 1.165) is 15.8 Å². The van der Waals surface area contributed by atoms with Gasteiger partial charge < -0.3 is 5.32 Å². The molecule has 0 aliphatic heterocycles. The van der Waals surface area contributed by atoms with Crippen LogP contribution in [0.3, 0.4) is 0 Å². The first kappa shape index (κ1) is 18.2. The van der Waals surface area contributed by atoms with Gasteiger partial charge in [0, 0.05) is 11.6 Å². The molecular weight excluding hydrogens is 373 g/mol. The summed E-state index contributed by atoms with van der Waals surface area (Å²) in [6.07, 6.45) is 0. The van der Waals surface area contributed by atoms with Crippen LogP contribution in [0.1, 0.15) is 5.56 Å². The van der Waals surface area contributed by atoms with Gasteiger partial charge in [-0.2, -0.15) is 5.10 Å². The van der Waals surface area contributed by atoms with Crippen LogP contribution in [0.5, 0.6) is 0 Å². The largest absolute Gasteiger partial charge is 0.323 e. The lowest BCUT2D eigenvalue weighted by Gasteiger charge is -2.10. The Kier molecular flexibility index (Phi) is 5.40. The minimum Gasteiger partial charge on any atom is -0.323 e. The van der Waals surface area contributed by atoms with Crippen LogP contribution in [0.2, 0.25) is 10.0 Å². The van der Waals surface area contributed by atoms with Crippen molar-refractivity contribution in [2.75, 3.05) is 5.32 Å². The molecule has 5 nitrogen and oxygen atoms in total. The van der Waals surface area contributed by atoms with E-state index in [2.05, 4.69) is 10.4 Å². The minimum atomic E-state index is -0.426. The van der Waals surface area contributed by atoms with Crippen molar-refractivity contribution >= 4 is 34.8 Å². The summed E-state index contributed by atoms with van der Waals surface area (Å²) in [6.45, 7) is 1.75. The third-order valence-corrected chi connectivity index (χ3v) is 4.55. The number of halogens is 2. The molecule has 7 heteroatoms. The Bertz CT molecular complexity index is 1010. The Morgan fingerprint density at radius 2 is 1.81 bits per heavy atom. The number of aromatic nitrogens is 2. The van der Waals surface area contributed by atoms with E-state index >= 15 is 0 Å². The van der Waals surface area contributed by atoms with Crippen LogP contribution in [0.4, 0.5) is 5.69 Å². The van der Waals surface area contributed by atoms with Gasteiger partial charge in [0.25, 0.3) is 5.56 Å². The molecule has 1 N–H and O–H groups in total. The molecule has 2 aromatic carbocycles. The van der Waals surface area contributed by atoms with Crippen molar-refractivity contribution in [2.24, 2.45) is 0 Å². The molecule has 132 valence electrons. The Balaban J connectivity index is 1.82. The number of hydrogen-bond donors (Lipinski definition) is 1. The molecule has 0 saturated heterocycles. The van der Waals surface area contributed by atoms with Crippen molar-refractivity contribution < 1.29 is 4.79 Å². The number of carbonyl (C=O) groups is 1. The topological polar surface area (TPSA) is 64.0 Å². The van der Waals surface area contributed by atoms with E-state index in [9.17, 15) is 9.59 Å². The first-order valence-electron chi connectivity index (χ1n) is 7.83. The summed E-state index contributed by atoms with van der Waals surface area (Å²) in [5.74, 6) is -0.426. The lowest BCUT2D eigenvalue weighted by Crippen LogP contribution is -2.29. The number of nitrogens with one attached hydrogen (secondary N) is 1. The number of rotatable bonds is 4. The first-order valence-corrected chi connectivity index (χ1v) is 8.59. The summed E-state index contributed by atoms with van der Waals surface area (Å²) in [4.78, 5) is 24.3. The van der Waals surface area contributed by atoms with E-state index in [1.807, 2.05) is 31.2 Å². The van der Waals surface area contributed by atoms with Crippen molar-refractivity contribution in [2.45, 2.75) is 13.5 Å². The summed E-state index contributed by atoms with van der Waals surface area (Å²) in [7, 11) is 0. The highest BCUT2D eigenvalue weighted by molar-refractivity contribution is 6.43. The van der Waals surface area contributed by atoms with Gasteiger partial charge in [-0.25, -0.2) is 4.68 Å². The third-order valence-electron chi connectivity index (χ3n) is 3.73. The monoisotopic (exact) mass is 387 g/mol. The van der Waals surface area contributed by atoms with E-state index in [1.54, 1.807) is 24.3 Å². The normalized spacial score (nSPS) is 10.6. The molecular formula is C19H15Cl2N3O2. The SMILES string of the molecule is Cc1ccc(-c2ccc(=O)n(CC(=O)Nc3cccc(Cl)c3Cl)n2)cc1. The highest BCUT2D eigenvalue weighted by Crippen LogP contribution is 2.29. The second-order valence-corrected chi connectivity index (χ2v) is 6.52. The Morgan fingerprint density at radius 1 is 1.08 bits per heavy atom. The van der Waals surface area contributed by atoms with Crippen molar-refractivity contribution in [3.8, 4) is 11.3 Å². The average molecular weight is 388 g/mol. The maximum absolute atomic E-state index is 12.3. The lowest BCUT2D eigenvalue weighted by atomic mass is 10.1. The highest BCUT2D eigenvalue weighted by Gasteiger charge is 2.11. The number of carbonyl (C=O) groups excluding carboxylic acids is 1. The van der Waals surface area contributed by atoms with Crippen LogP contribution in [-0.4, -0.2) is 15.7 Å². The van der Waals surface area contributed by atoms with E-state index in [-0.39, 0.29) is 17.1 Å². The highest BCUT2D eigenvalue weighted by atomic mass is 35.5. The maximum atomic E-state index is 12.3. The summed E-state index contributed by atoms with van der Waals surface area (Å²) >= 11 is 12.0. The molecule has 1 heterocycles. The van der Waals surface area contributed by atoms with Crippen molar-refractivity contribution in [1.29, 1.82) is 0 Å². The molecule has 0 radical (unpaired) electrons. The van der Waals surface area contributed by atoms with Gasteiger partial charge >= 0.3 is 0 Å². The van der Waals surface area contributed by atoms with Gasteiger partial charge in [0.05, 0.1) is 21.4 Å². The molecule has 0 aliphatic carbocycles. The molecule has 3 aromatic rings. The first-order chi connectivity index (χ1) is 12.4. The van der Waals surface area contributed by atoms with Gasteiger partial charge in [-0.1, -0.05) is 59.1 Å². The second-order valence-electron chi connectivity index (χ2n) is 5.73. The molecule has 0 fully saturated rings. The smallest absolute Gasteiger partial charge is 0.267 e. The van der Waals surface area contributed by atoms with Gasteiger partial charge in [0.15, 0.2) is 0 Å². The van der Waals surface area contributed by atoms with Gasteiger partial charge in [-0.15, -0.1) is 0 Å². The van der Waals surface area contributed by atoms with Gasteiger partial charge in [-0.05, 0) is 25.1 Å². The van der Waals surface area contributed by atoms with Crippen molar-refractivity contribution in [3.05, 3.63) is 80.6 Å². The van der Waals surface area contributed by atoms with Gasteiger partial charge in [-0.3, -0.25) is 9.59 Å². The van der Waals surface area contributed by atoms with Crippen LogP contribution in [-0.2, 0) is 11.3 Å². The van der Waals surface area contributed by atoms with Crippen LogP contribution < -0.4 is 10.9 Å². The predicted octanol–water partition coefficient (Wildman–Crippen LogP) is 4.16. The second kappa shape index (κ2) is 7.72. The molecule has 0 bridgehead atoms. The molecule has 0 aliphatic rings. The zero-order valence-corrected chi connectivity index (χ0v) is 15.4. The molecule has 0 spiro atoms. The van der Waals surface area contributed by atoms with Crippen LogP contribution in [0.15, 0.2) is 59.4 Å². The van der Waals surface area contributed by atoms with E-state index < -0.39 is 5.91 Å². The molecule has 1 aromatic heterocycles. The number of anilines is 1. The average Bonchev–Trinajstić information content (AvgIpc) is 2.62. The van der Waals surface area contributed by atoms with Gasteiger partial charge in [0.2, 0.25) is 5.91 Å². The van der Waals surface area contributed by atoms with Crippen LogP contribution >= 0.6 is 23.2 Å².